The number of aromatic nitrogens is 4. The predicted octanol–water partition coefficient (Wildman–Crippen LogP) is 3.63. The molecule has 15 nitrogen and oxygen atoms in total. The van der Waals surface area contributed by atoms with Crippen LogP contribution in [0.5, 0.6) is 11.5 Å². The van der Waals surface area contributed by atoms with Gasteiger partial charge in [-0.05, 0) is 70.4 Å². The molecule has 2 aliphatic heterocycles. The quantitative estimate of drug-likeness (QED) is 0.233. The summed E-state index contributed by atoms with van der Waals surface area (Å²) in [5, 5.41) is 10.0. The second-order valence-electron chi connectivity index (χ2n) is 14.6. The second kappa shape index (κ2) is 14.3. The maximum atomic E-state index is 15.1. The minimum Gasteiger partial charge on any atom is -0.459 e. The summed E-state index contributed by atoms with van der Waals surface area (Å²) in [6, 6.07) is 8.09. The van der Waals surface area contributed by atoms with Crippen LogP contribution >= 0.6 is 0 Å². The van der Waals surface area contributed by atoms with Crippen molar-refractivity contribution in [3.05, 3.63) is 76.6 Å². The molecule has 1 aliphatic carbocycles. The zero-order valence-corrected chi connectivity index (χ0v) is 30.8. The molecule has 0 radical (unpaired) electrons. The Morgan fingerprint density at radius 1 is 1.07 bits per heavy atom. The van der Waals surface area contributed by atoms with E-state index >= 15 is 4.39 Å². The van der Waals surface area contributed by atoms with Gasteiger partial charge in [-0.25, -0.2) is 23.7 Å². The SMILES string of the molecule is CC(C)(C)OC(=O)CN1CCN(C2(c3ncc(-n4cnc5ccc(Oc6c(F)ccc(NS(=O)(=O)N7CC[C@@H](F)C7)c6C#N)cc5c4=O)cn3)CC2)CC1. The molecule has 1 N–H and O–H groups in total. The van der Waals surface area contributed by atoms with Crippen molar-refractivity contribution in [2.45, 2.75) is 57.3 Å². The molecule has 1 saturated carbocycles. The first-order valence-corrected chi connectivity index (χ1v) is 19.0. The van der Waals surface area contributed by atoms with E-state index in [2.05, 4.69) is 29.5 Å². The number of hydrogen-bond donors (Lipinski definition) is 1. The van der Waals surface area contributed by atoms with Gasteiger partial charge in [-0.15, -0.1) is 0 Å². The number of nitrogens with zero attached hydrogens (tertiary/aromatic N) is 8. The van der Waals surface area contributed by atoms with Crippen molar-refractivity contribution >= 4 is 32.8 Å². The van der Waals surface area contributed by atoms with Crippen LogP contribution in [0.3, 0.4) is 0 Å². The summed E-state index contributed by atoms with van der Waals surface area (Å²) in [5.41, 5.74) is -1.32. The van der Waals surface area contributed by atoms with Crippen molar-refractivity contribution in [3.8, 4) is 23.3 Å². The zero-order chi connectivity index (χ0) is 38.4. The average molecular weight is 764 g/mol. The largest absolute Gasteiger partial charge is 0.459 e. The first-order chi connectivity index (χ1) is 25.7. The van der Waals surface area contributed by atoms with Crippen LogP contribution < -0.4 is 15.0 Å². The molecule has 0 bridgehead atoms. The van der Waals surface area contributed by atoms with Crippen molar-refractivity contribution in [2.75, 3.05) is 50.5 Å². The Hall–Kier alpha value is -5.09. The number of benzene rings is 2. The number of nitrogens with one attached hydrogen (secondary N) is 1. The lowest BCUT2D eigenvalue weighted by atomic mass is 10.1. The van der Waals surface area contributed by atoms with Crippen molar-refractivity contribution in [3.63, 3.8) is 0 Å². The van der Waals surface area contributed by atoms with Gasteiger partial charge in [0.25, 0.3) is 5.56 Å². The van der Waals surface area contributed by atoms with Gasteiger partial charge in [-0.2, -0.15) is 18.0 Å². The number of ether oxygens (including phenoxy) is 2. The first kappa shape index (κ1) is 37.2. The molecule has 7 rings (SSSR count). The van der Waals surface area contributed by atoms with Crippen LogP contribution in [0.25, 0.3) is 16.6 Å². The number of rotatable bonds is 10. The third-order valence-corrected chi connectivity index (χ3v) is 11.1. The smallest absolute Gasteiger partial charge is 0.320 e. The van der Waals surface area contributed by atoms with Crippen LogP contribution in [0, 0.1) is 17.1 Å². The monoisotopic (exact) mass is 763 g/mol. The lowest BCUT2D eigenvalue weighted by Gasteiger charge is -2.39. The molecular formula is C36H39F2N9O6S. The molecule has 2 aromatic heterocycles. The highest BCUT2D eigenvalue weighted by Crippen LogP contribution is 2.49. The maximum absolute atomic E-state index is 15.1. The molecule has 18 heteroatoms. The number of hydrogen-bond acceptors (Lipinski definition) is 12. The molecule has 1 atom stereocenters. The summed E-state index contributed by atoms with van der Waals surface area (Å²) in [4.78, 5) is 44.2. The number of carbonyl (C=O) groups is 1. The van der Waals surface area contributed by atoms with E-state index in [9.17, 15) is 27.7 Å². The van der Waals surface area contributed by atoms with Crippen LogP contribution in [-0.2, 0) is 25.3 Å². The molecule has 0 spiro atoms. The summed E-state index contributed by atoms with van der Waals surface area (Å²) in [7, 11) is -4.24. The number of alkyl halides is 1. The summed E-state index contributed by atoms with van der Waals surface area (Å²) >= 11 is 0. The number of halogens is 2. The van der Waals surface area contributed by atoms with Gasteiger partial charge < -0.3 is 9.47 Å². The van der Waals surface area contributed by atoms with Crippen LogP contribution in [0.2, 0.25) is 0 Å². The fourth-order valence-electron chi connectivity index (χ4n) is 6.80. The summed E-state index contributed by atoms with van der Waals surface area (Å²) in [6.45, 7) is 8.31. The fourth-order valence-corrected chi connectivity index (χ4v) is 8.09. The van der Waals surface area contributed by atoms with Crippen molar-refractivity contribution in [1.82, 2.24) is 33.6 Å². The number of carbonyl (C=O) groups excluding carboxylic acids is 1. The number of anilines is 1. The normalized spacial score (nSPS) is 19.4. The van der Waals surface area contributed by atoms with Gasteiger partial charge in [0.2, 0.25) is 0 Å². The zero-order valence-electron chi connectivity index (χ0n) is 30.0. The van der Waals surface area contributed by atoms with E-state index in [1.54, 1.807) is 18.5 Å². The summed E-state index contributed by atoms with van der Waals surface area (Å²) in [6.07, 6.45) is 4.99. The minimum absolute atomic E-state index is 0.0113. The Morgan fingerprint density at radius 2 is 1.80 bits per heavy atom. The molecular weight excluding hydrogens is 725 g/mol. The average Bonchev–Trinajstić information content (AvgIpc) is 3.81. The molecule has 3 aliphatic rings. The van der Waals surface area contributed by atoms with E-state index in [1.165, 1.54) is 29.1 Å². The lowest BCUT2D eigenvalue weighted by Crippen LogP contribution is -2.52. The van der Waals surface area contributed by atoms with Gasteiger partial charge in [0.15, 0.2) is 11.6 Å². The predicted molar refractivity (Wildman–Crippen MR) is 193 cm³/mol. The number of esters is 1. The summed E-state index contributed by atoms with van der Waals surface area (Å²) in [5.74, 6) is -1.12. The second-order valence-corrected chi connectivity index (χ2v) is 16.3. The molecule has 4 heterocycles. The number of piperazine rings is 1. The molecule has 54 heavy (non-hydrogen) atoms. The Bertz CT molecular complexity index is 2300. The Labute approximate surface area is 310 Å². The highest BCUT2D eigenvalue weighted by atomic mass is 32.2. The van der Waals surface area contributed by atoms with Crippen LogP contribution in [0.1, 0.15) is 51.4 Å². The first-order valence-electron chi connectivity index (χ1n) is 17.5. The molecule has 2 aromatic carbocycles. The Balaban J connectivity index is 1.07. The molecule has 3 fully saturated rings. The number of fused-ring (bicyclic) bond motifs is 1. The topological polar surface area (TPSA) is 176 Å². The van der Waals surface area contributed by atoms with E-state index in [0.717, 1.165) is 42.4 Å². The third kappa shape index (κ3) is 7.62. The fraction of sp³-hybridized carbons (Fsp3) is 0.444. The molecule has 4 aromatic rings. The van der Waals surface area contributed by atoms with Gasteiger partial charge in [-0.3, -0.25) is 28.7 Å². The van der Waals surface area contributed by atoms with Crippen molar-refractivity contribution < 1.29 is 31.5 Å². The van der Waals surface area contributed by atoms with Gasteiger partial charge in [0.1, 0.15) is 41.3 Å². The minimum atomic E-state index is -4.24. The van der Waals surface area contributed by atoms with Crippen LogP contribution in [0.15, 0.2) is 53.8 Å². The van der Waals surface area contributed by atoms with Gasteiger partial charge in [-0.1, -0.05) is 0 Å². The summed E-state index contributed by atoms with van der Waals surface area (Å²) < 4.78 is 70.2. The highest BCUT2D eigenvalue weighted by molar-refractivity contribution is 7.90. The van der Waals surface area contributed by atoms with Crippen LogP contribution in [0.4, 0.5) is 14.5 Å². The lowest BCUT2D eigenvalue weighted by molar-refractivity contribution is -0.156. The molecule has 284 valence electrons. The highest BCUT2D eigenvalue weighted by Gasteiger charge is 2.52. The van der Waals surface area contributed by atoms with E-state index in [-0.39, 0.29) is 54.4 Å². The van der Waals surface area contributed by atoms with Crippen LogP contribution in [-0.4, -0.2) is 106 Å². The van der Waals surface area contributed by atoms with E-state index in [1.807, 2.05) is 20.8 Å². The van der Waals surface area contributed by atoms with Gasteiger partial charge >= 0.3 is 16.2 Å². The van der Waals surface area contributed by atoms with Crippen molar-refractivity contribution in [1.29, 1.82) is 5.26 Å². The third-order valence-electron chi connectivity index (χ3n) is 9.65. The maximum Gasteiger partial charge on any atom is 0.320 e. The number of nitriles is 1. The van der Waals surface area contributed by atoms with E-state index < -0.39 is 44.7 Å². The Kier molecular flexibility index (Phi) is 9.85. The molecule has 2 saturated heterocycles. The molecule has 0 unspecified atom stereocenters. The van der Waals surface area contributed by atoms with E-state index in [4.69, 9.17) is 9.47 Å². The van der Waals surface area contributed by atoms with Gasteiger partial charge in [0.05, 0.1) is 46.8 Å². The Morgan fingerprint density at radius 3 is 2.43 bits per heavy atom. The van der Waals surface area contributed by atoms with Gasteiger partial charge in [0, 0.05) is 39.3 Å². The molecule has 0 amide bonds. The van der Waals surface area contributed by atoms with E-state index in [0.29, 0.717) is 30.1 Å². The van der Waals surface area contributed by atoms with Crippen molar-refractivity contribution in [2.24, 2.45) is 0 Å². The standard InChI is InChI=1S/C36H39F2N9O6S/c1-35(2,3)53-31(48)21-44-12-14-45(15-13-44)36(9-10-36)34-40-18-24(19-41-34)47-22-42-29-6-4-25(16-26(29)33(47)49)52-32-27(17-39)30(7-5-28(32)38)43-54(50,51)46-11-8-23(37)20-46/h4-7,16,18-19,22-23,43H,8-15,20-21H2,1-3H3/t23-/m1/s1.